The molecule has 0 unspecified atom stereocenters. The van der Waals surface area contributed by atoms with Crippen molar-refractivity contribution in [2.24, 2.45) is 5.92 Å². The normalized spacial score (nSPS) is 19.8. The van der Waals surface area contributed by atoms with Crippen LogP contribution in [0.4, 0.5) is 0 Å². The molecule has 0 aromatic rings. The van der Waals surface area contributed by atoms with Crippen molar-refractivity contribution in [3.05, 3.63) is 0 Å². The third kappa shape index (κ3) is 6.14. The summed E-state index contributed by atoms with van der Waals surface area (Å²) in [5.74, 6) is 0.524. The molecule has 1 heterocycles. The number of ether oxygens (including phenoxy) is 1. The van der Waals surface area contributed by atoms with Gasteiger partial charge in [0.25, 0.3) is 0 Å². The minimum Gasteiger partial charge on any atom is -0.395 e. The summed E-state index contributed by atoms with van der Waals surface area (Å²) in [4.78, 5) is 2.47. The van der Waals surface area contributed by atoms with Crippen LogP contribution < -0.4 is 5.32 Å². The van der Waals surface area contributed by atoms with Gasteiger partial charge in [-0.15, -0.1) is 0 Å². The molecule has 108 valence electrons. The quantitative estimate of drug-likeness (QED) is 0.576. The summed E-state index contributed by atoms with van der Waals surface area (Å²) >= 11 is 0. The number of likely N-dealkylation sites (tertiary alicyclic amines) is 1. The van der Waals surface area contributed by atoms with Crippen molar-refractivity contribution in [1.29, 1.82) is 0 Å². The predicted octanol–water partition coefficient (Wildman–Crippen LogP) is 1.09. The zero-order chi connectivity index (χ0) is 13.4. The number of hydrogen-bond acceptors (Lipinski definition) is 4. The number of nitrogens with one attached hydrogen (secondary N) is 1. The Balaban J connectivity index is 2.01. The molecule has 0 saturated carbocycles. The van der Waals surface area contributed by atoms with Gasteiger partial charge >= 0.3 is 0 Å². The number of hydrogen-bond donors (Lipinski definition) is 2. The maximum absolute atomic E-state index is 9.29. The molecule has 2 N–H and O–H groups in total. The van der Waals surface area contributed by atoms with Gasteiger partial charge in [-0.1, -0.05) is 13.8 Å². The lowest BCUT2D eigenvalue weighted by molar-refractivity contribution is 0.0126. The molecule has 1 saturated heterocycles. The Kier molecular flexibility index (Phi) is 7.82. The highest BCUT2D eigenvalue weighted by Gasteiger charge is 2.14. The van der Waals surface area contributed by atoms with Crippen LogP contribution >= 0.6 is 0 Å². The fraction of sp³-hybridized carbons (Fsp3) is 1.00. The van der Waals surface area contributed by atoms with Crippen LogP contribution in [-0.2, 0) is 4.74 Å². The first-order valence-corrected chi connectivity index (χ1v) is 7.31. The molecule has 0 aromatic heterocycles. The van der Waals surface area contributed by atoms with E-state index in [9.17, 15) is 5.11 Å². The lowest BCUT2D eigenvalue weighted by Gasteiger charge is -2.30. The second-order valence-corrected chi connectivity index (χ2v) is 5.66. The largest absolute Gasteiger partial charge is 0.395 e. The molecule has 1 aliphatic rings. The van der Waals surface area contributed by atoms with Crippen molar-refractivity contribution in [2.75, 3.05) is 39.4 Å². The van der Waals surface area contributed by atoms with Crippen LogP contribution in [-0.4, -0.2) is 61.5 Å². The Bertz CT molecular complexity index is 208. The van der Waals surface area contributed by atoms with E-state index in [4.69, 9.17) is 4.74 Å². The molecule has 1 aliphatic heterocycles. The van der Waals surface area contributed by atoms with Crippen molar-refractivity contribution in [3.63, 3.8) is 0 Å². The summed E-state index contributed by atoms with van der Waals surface area (Å²) in [5.41, 5.74) is 0. The summed E-state index contributed by atoms with van der Waals surface area (Å²) in [7, 11) is 0. The van der Waals surface area contributed by atoms with Gasteiger partial charge in [0.1, 0.15) is 0 Å². The van der Waals surface area contributed by atoms with Gasteiger partial charge in [0.15, 0.2) is 0 Å². The van der Waals surface area contributed by atoms with Crippen LogP contribution in [0.15, 0.2) is 0 Å². The second kappa shape index (κ2) is 8.86. The van der Waals surface area contributed by atoms with Crippen LogP contribution in [0.3, 0.4) is 0 Å². The predicted molar refractivity (Wildman–Crippen MR) is 74.8 cm³/mol. The lowest BCUT2D eigenvalue weighted by Crippen LogP contribution is -2.41. The topological polar surface area (TPSA) is 44.7 Å². The van der Waals surface area contributed by atoms with Gasteiger partial charge in [0.2, 0.25) is 0 Å². The molecular formula is C14H30N2O2. The number of rotatable bonds is 10. The molecule has 0 amide bonds. The van der Waals surface area contributed by atoms with Gasteiger partial charge in [0.05, 0.1) is 25.4 Å². The average Bonchev–Trinajstić information content (AvgIpc) is 2.29. The molecule has 18 heavy (non-hydrogen) atoms. The molecule has 4 nitrogen and oxygen atoms in total. The van der Waals surface area contributed by atoms with Crippen LogP contribution in [0.1, 0.15) is 33.6 Å². The summed E-state index contributed by atoms with van der Waals surface area (Å²) in [6.45, 7) is 11.8. The third-order valence-corrected chi connectivity index (χ3v) is 3.75. The Morgan fingerprint density at radius 1 is 1.28 bits per heavy atom. The lowest BCUT2D eigenvalue weighted by atomic mass is 10.1. The molecule has 1 fully saturated rings. The van der Waals surface area contributed by atoms with Crippen molar-refractivity contribution < 1.29 is 9.84 Å². The zero-order valence-corrected chi connectivity index (χ0v) is 12.2. The van der Waals surface area contributed by atoms with E-state index in [2.05, 4.69) is 31.0 Å². The molecule has 0 radical (unpaired) electrons. The maximum atomic E-state index is 9.29. The molecule has 0 bridgehead atoms. The minimum atomic E-state index is 0.0718. The maximum Gasteiger partial charge on any atom is 0.0645 e. The van der Waals surface area contributed by atoms with Gasteiger partial charge < -0.3 is 20.1 Å². The first kappa shape index (κ1) is 15.9. The highest BCUT2D eigenvalue weighted by atomic mass is 16.5. The molecule has 0 spiro atoms. The van der Waals surface area contributed by atoms with Crippen LogP contribution in [0.5, 0.6) is 0 Å². The first-order chi connectivity index (χ1) is 8.63. The summed E-state index contributed by atoms with van der Waals surface area (Å²) < 4.78 is 5.73. The van der Waals surface area contributed by atoms with Gasteiger partial charge in [-0.25, -0.2) is 0 Å². The Hall–Kier alpha value is -0.160. The summed E-state index contributed by atoms with van der Waals surface area (Å²) in [6, 6.07) is 0.0718. The molecule has 4 heteroatoms. The van der Waals surface area contributed by atoms with Gasteiger partial charge in [-0.05, 0) is 51.9 Å². The highest BCUT2D eigenvalue weighted by molar-refractivity contribution is 4.70. The Labute approximate surface area is 112 Å². The number of aliphatic hydroxyl groups is 1. The standard InChI is InChI=1S/C14H30N2O2/c1-12(2)13(3)18-11-14(10-17)15-6-4-7-16-8-5-9-16/h12-15,17H,4-11H2,1-3H3/t13-,14-/m1/s1. The van der Waals surface area contributed by atoms with Crippen molar-refractivity contribution in [1.82, 2.24) is 10.2 Å². The van der Waals surface area contributed by atoms with Crippen LogP contribution in [0.25, 0.3) is 0 Å². The average molecular weight is 258 g/mol. The second-order valence-electron chi connectivity index (χ2n) is 5.66. The molecule has 0 aliphatic carbocycles. The third-order valence-electron chi connectivity index (χ3n) is 3.75. The SMILES string of the molecule is CC(C)[C@@H](C)OC[C@@H](CO)NCCCN1CCC1. The van der Waals surface area contributed by atoms with E-state index in [0.717, 1.165) is 13.0 Å². The fourth-order valence-corrected chi connectivity index (χ4v) is 1.85. The van der Waals surface area contributed by atoms with Crippen LogP contribution in [0, 0.1) is 5.92 Å². The van der Waals surface area contributed by atoms with Crippen molar-refractivity contribution >= 4 is 0 Å². The smallest absolute Gasteiger partial charge is 0.0645 e. The fourth-order valence-electron chi connectivity index (χ4n) is 1.85. The number of nitrogens with zero attached hydrogens (tertiary/aromatic N) is 1. The van der Waals surface area contributed by atoms with E-state index in [1.165, 1.54) is 26.1 Å². The monoisotopic (exact) mass is 258 g/mol. The zero-order valence-electron chi connectivity index (χ0n) is 12.2. The van der Waals surface area contributed by atoms with Gasteiger partial charge in [-0.2, -0.15) is 0 Å². The van der Waals surface area contributed by atoms with Crippen molar-refractivity contribution in [3.8, 4) is 0 Å². The summed E-state index contributed by atoms with van der Waals surface area (Å²) in [6.07, 6.45) is 2.76. The summed E-state index contributed by atoms with van der Waals surface area (Å²) in [5, 5.41) is 12.7. The van der Waals surface area contributed by atoms with E-state index in [0.29, 0.717) is 12.5 Å². The Morgan fingerprint density at radius 2 is 2.00 bits per heavy atom. The van der Waals surface area contributed by atoms with E-state index in [1.807, 2.05) is 0 Å². The van der Waals surface area contributed by atoms with E-state index in [-0.39, 0.29) is 18.8 Å². The highest BCUT2D eigenvalue weighted by Crippen LogP contribution is 2.06. The molecule has 0 aromatic carbocycles. The Morgan fingerprint density at radius 3 is 2.50 bits per heavy atom. The number of aliphatic hydroxyl groups excluding tert-OH is 1. The van der Waals surface area contributed by atoms with E-state index in [1.54, 1.807) is 0 Å². The first-order valence-electron chi connectivity index (χ1n) is 7.31. The van der Waals surface area contributed by atoms with Crippen LogP contribution in [0.2, 0.25) is 0 Å². The van der Waals surface area contributed by atoms with Gasteiger partial charge in [-0.3, -0.25) is 0 Å². The van der Waals surface area contributed by atoms with Gasteiger partial charge in [0, 0.05) is 0 Å². The molecule has 1 rings (SSSR count). The molecular weight excluding hydrogens is 228 g/mol. The molecule has 2 atom stereocenters. The van der Waals surface area contributed by atoms with E-state index >= 15 is 0 Å². The van der Waals surface area contributed by atoms with Crippen molar-refractivity contribution in [2.45, 2.75) is 45.8 Å². The minimum absolute atomic E-state index is 0.0718. The van der Waals surface area contributed by atoms with E-state index < -0.39 is 0 Å².